The van der Waals surface area contributed by atoms with Crippen LogP contribution in [0.1, 0.15) is 0 Å². The molecule has 0 bridgehead atoms. The zero-order valence-corrected chi connectivity index (χ0v) is 33.0. The van der Waals surface area contributed by atoms with Crippen molar-refractivity contribution in [2.45, 2.75) is 0 Å². The molecule has 0 aliphatic carbocycles. The maximum atomic E-state index is 4.98. The van der Waals surface area contributed by atoms with Crippen LogP contribution in [-0.4, -0.2) is 38.2 Å². The molecule has 10 aromatic rings. The van der Waals surface area contributed by atoms with Crippen molar-refractivity contribution >= 4 is 43.6 Å². The van der Waals surface area contributed by atoms with Crippen LogP contribution in [0, 0.1) is 12.7 Å². The molecule has 10 rings (SSSR count). The van der Waals surface area contributed by atoms with Gasteiger partial charge in [0.05, 0.1) is 0 Å². The molecule has 0 amide bonds. The van der Waals surface area contributed by atoms with Crippen molar-refractivity contribution in [2.24, 2.45) is 28.2 Å². The number of nitrogens with zero attached hydrogens (tertiary/aromatic N) is 10. The first kappa shape index (κ1) is 35.1. The normalized spacial score (nSPS) is 11.2. The topological polar surface area (TPSA) is 99.5 Å². The number of hydrogen-bond acceptors (Lipinski definition) is 4. The molecular weight excluding hydrogens is 1010 g/mol. The van der Waals surface area contributed by atoms with E-state index in [4.69, 9.17) is 9.97 Å². The Labute approximate surface area is 328 Å². The molecule has 0 spiro atoms. The molecule has 6 aromatic heterocycles. The van der Waals surface area contributed by atoms with E-state index in [1.165, 1.54) is 0 Å². The van der Waals surface area contributed by atoms with E-state index in [9.17, 15) is 0 Å². The third-order valence-corrected chi connectivity index (χ3v) is 9.14. The standard InChI is InChI=1S/2C20H15N5.2Pt/c2*1-24-11-17(22-12-24)15-7-3-5-13-14-6-4-8-16(19(14)23-18(13)15)20-21-9-10-25(20)2;;/h2*3-11H,1-2H3;;/q2*-2;2*+2. The van der Waals surface area contributed by atoms with Crippen molar-refractivity contribution in [1.29, 1.82) is 0 Å². The SMILES string of the molecule is Cn1[c-]nc(-c2cccc3c2[n-]c2c(-c4nccn4C)cccc23)c1.Cn1[c-]nc(-c2cccc3c2[n-]c2c(-c4nccn4C)cccc23)c1.[Pt+2].[Pt+2]. The average molecular weight is 1040 g/mol. The Balaban J connectivity index is 0.000000156. The van der Waals surface area contributed by atoms with E-state index < -0.39 is 0 Å². The number of aromatic nitrogens is 10. The van der Waals surface area contributed by atoms with Crippen molar-refractivity contribution in [2.75, 3.05) is 0 Å². The molecule has 0 fully saturated rings. The molecule has 0 unspecified atom stereocenters. The van der Waals surface area contributed by atoms with E-state index >= 15 is 0 Å². The van der Waals surface area contributed by atoms with E-state index in [0.717, 1.165) is 88.9 Å². The molecule has 0 aliphatic heterocycles. The third-order valence-electron chi connectivity index (χ3n) is 9.14. The summed E-state index contributed by atoms with van der Waals surface area (Å²) in [7, 11) is 7.84. The molecule has 10 nitrogen and oxygen atoms in total. The molecule has 0 saturated heterocycles. The van der Waals surface area contributed by atoms with Gasteiger partial charge in [-0.05, 0) is 35.6 Å². The van der Waals surface area contributed by atoms with Crippen molar-refractivity contribution < 1.29 is 42.1 Å². The number of para-hydroxylation sites is 4. The molecule has 0 radical (unpaired) electrons. The Hall–Kier alpha value is -5.30. The predicted molar refractivity (Wildman–Crippen MR) is 196 cm³/mol. The number of hydrogen-bond donors (Lipinski definition) is 0. The van der Waals surface area contributed by atoms with Gasteiger partial charge in [-0.1, -0.05) is 95.3 Å². The molecule has 12 heteroatoms. The summed E-state index contributed by atoms with van der Waals surface area (Å²) < 4.78 is 7.69. The van der Waals surface area contributed by atoms with Crippen LogP contribution in [-0.2, 0) is 70.3 Å². The van der Waals surface area contributed by atoms with Crippen LogP contribution < -0.4 is 9.97 Å². The van der Waals surface area contributed by atoms with Gasteiger partial charge in [0, 0.05) is 62.7 Å². The quantitative estimate of drug-likeness (QED) is 0.175. The van der Waals surface area contributed by atoms with Gasteiger partial charge in [0.15, 0.2) is 0 Å². The minimum atomic E-state index is 0. The Kier molecular flexibility index (Phi) is 9.47. The summed E-state index contributed by atoms with van der Waals surface area (Å²) in [5.41, 5.74) is 9.77. The van der Waals surface area contributed by atoms with E-state index in [-0.39, 0.29) is 42.1 Å². The van der Waals surface area contributed by atoms with Crippen molar-refractivity contribution in [3.05, 3.63) is 123 Å². The fraction of sp³-hybridized carbons (Fsp3) is 0.100. The van der Waals surface area contributed by atoms with Gasteiger partial charge in [-0.2, -0.15) is 0 Å². The largest absolute Gasteiger partial charge is 2.00 e. The molecule has 52 heavy (non-hydrogen) atoms. The Morgan fingerprint density at radius 2 is 0.827 bits per heavy atom. The summed E-state index contributed by atoms with van der Waals surface area (Å²) in [6.07, 6.45) is 17.3. The van der Waals surface area contributed by atoms with Crippen LogP contribution in [0.15, 0.2) is 110 Å². The zero-order valence-electron chi connectivity index (χ0n) is 28.5. The average Bonchev–Trinajstić information content (AvgIpc) is 3.98. The molecule has 0 N–H and O–H groups in total. The fourth-order valence-corrected chi connectivity index (χ4v) is 6.78. The van der Waals surface area contributed by atoms with Gasteiger partial charge in [0.1, 0.15) is 11.6 Å². The Morgan fingerprint density at radius 1 is 0.481 bits per heavy atom. The molecular formula is C40H30N10Pt2. The molecule has 260 valence electrons. The minimum absolute atomic E-state index is 0. The van der Waals surface area contributed by atoms with Crippen molar-refractivity contribution in [3.8, 4) is 45.3 Å². The first-order chi connectivity index (χ1) is 24.4. The number of benzene rings is 4. The number of fused-ring (bicyclic) bond motifs is 6. The minimum Gasteiger partial charge on any atom is -0.657 e. The van der Waals surface area contributed by atoms with E-state index in [1.54, 1.807) is 0 Å². The zero-order chi connectivity index (χ0) is 33.9. The molecule has 6 heterocycles. The number of aryl methyl sites for hydroxylation is 4. The summed E-state index contributed by atoms with van der Waals surface area (Å²) in [5.74, 6) is 1.84. The van der Waals surface area contributed by atoms with Gasteiger partial charge >= 0.3 is 42.1 Å². The van der Waals surface area contributed by atoms with E-state index in [2.05, 4.69) is 105 Å². The van der Waals surface area contributed by atoms with Crippen LogP contribution in [0.4, 0.5) is 0 Å². The summed E-state index contributed by atoms with van der Waals surface area (Å²) in [6.45, 7) is 0. The smallest absolute Gasteiger partial charge is 0.657 e. The van der Waals surface area contributed by atoms with E-state index in [0.29, 0.717) is 0 Å². The van der Waals surface area contributed by atoms with Gasteiger partial charge in [0.25, 0.3) is 0 Å². The Morgan fingerprint density at radius 3 is 1.13 bits per heavy atom. The second-order valence-electron chi connectivity index (χ2n) is 12.4. The molecule has 4 aromatic carbocycles. The number of rotatable bonds is 4. The number of imidazole rings is 4. The molecule has 0 atom stereocenters. The maximum absolute atomic E-state index is 4.98. The monoisotopic (exact) mass is 1040 g/mol. The summed E-state index contributed by atoms with van der Waals surface area (Å²) >= 11 is 0. The second kappa shape index (κ2) is 14.0. The van der Waals surface area contributed by atoms with Gasteiger partial charge in [-0.15, -0.1) is 34.5 Å². The maximum Gasteiger partial charge on any atom is 2.00 e. The van der Waals surface area contributed by atoms with Gasteiger partial charge in [-0.25, -0.2) is 9.97 Å². The first-order valence-corrected chi connectivity index (χ1v) is 16.2. The summed E-state index contributed by atoms with van der Waals surface area (Å²) in [4.78, 5) is 27.7. The second-order valence-corrected chi connectivity index (χ2v) is 12.4. The summed E-state index contributed by atoms with van der Waals surface area (Å²) in [6, 6.07) is 25.0. The fourth-order valence-electron chi connectivity index (χ4n) is 6.78. The van der Waals surface area contributed by atoms with Crippen molar-refractivity contribution in [1.82, 2.24) is 48.2 Å². The third kappa shape index (κ3) is 5.86. The Bertz CT molecular complexity index is 2650. The van der Waals surface area contributed by atoms with Crippen LogP contribution in [0.3, 0.4) is 0 Å². The predicted octanol–water partition coefficient (Wildman–Crippen LogP) is 7.10. The van der Waals surface area contributed by atoms with Crippen LogP contribution in [0.2, 0.25) is 0 Å². The van der Waals surface area contributed by atoms with Crippen LogP contribution in [0.25, 0.3) is 88.9 Å². The summed E-state index contributed by atoms with van der Waals surface area (Å²) in [5, 5.41) is 4.54. The van der Waals surface area contributed by atoms with Crippen LogP contribution in [0.5, 0.6) is 0 Å². The first-order valence-electron chi connectivity index (χ1n) is 16.2. The molecule has 0 saturated carbocycles. The molecule has 0 aliphatic rings. The van der Waals surface area contributed by atoms with Gasteiger partial charge in [-0.3, -0.25) is 0 Å². The van der Waals surface area contributed by atoms with Gasteiger partial charge in [0.2, 0.25) is 0 Å². The van der Waals surface area contributed by atoms with Crippen LogP contribution >= 0.6 is 0 Å². The van der Waals surface area contributed by atoms with Crippen molar-refractivity contribution in [3.63, 3.8) is 0 Å². The van der Waals surface area contributed by atoms with Gasteiger partial charge < -0.3 is 38.2 Å². The van der Waals surface area contributed by atoms with E-state index in [1.807, 2.05) is 83.6 Å².